The summed E-state index contributed by atoms with van der Waals surface area (Å²) >= 11 is 12.5. The van der Waals surface area contributed by atoms with Gasteiger partial charge in [0.05, 0.1) is 17.2 Å². The zero-order valence-electron chi connectivity index (χ0n) is 16.8. The Morgan fingerprint density at radius 3 is 2.77 bits per heavy atom. The normalized spacial score (nSPS) is 13.7. The first-order valence-corrected chi connectivity index (χ1v) is 10.7. The van der Waals surface area contributed by atoms with Crippen LogP contribution in [0.1, 0.15) is 30.4 Å². The van der Waals surface area contributed by atoms with E-state index in [1.807, 2.05) is 11.0 Å². The molecule has 1 saturated heterocycles. The number of benzene rings is 2. The lowest BCUT2D eigenvalue weighted by molar-refractivity contribution is -0.127. The van der Waals surface area contributed by atoms with Gasteiger partial charge in [0.2, 0.25) is 5.91 Å². The monoisotopic (exact) mass is 454 g/mol. The van der Waals surface area contributed by atoms with E-state index in [-0.39, 0.29) is 18.1 Å². The molecule has 1 heterocycles. The van der Waals surface area contributed by atoms with E-state index >= 15 is 0 Å². The number of ether oxygens (including phenoxy) is 2. The molecular weight excluding hydrogens is 430 g/mol. The number of hydrogen-bond acceptors (Lipinski definition) is 4. The lowest BCUT2D eigenvalue weighted by Crippen LogP contribution is -2.28. The number of rotatable bonds is 10. The molecule has 0 aliphatic carbocycles. The third-order valence-corrected chi connectivity index (χ3v) is 5.63. The summed E-state index contributed by atoms with van der Waals surface area (Å²) < 4.78 is 25.1. The van der Waals surface area contributed by atoms with Crippen LogP contribution in [0, 0.1) is 5.82 Å². The van der Waals surface area contributed by atoms with Gasteiger partial charge in [-0.05, 0) is 49.2 Å². The Labute approximate surface area is 186 Å². The van der Waals surface area contributed by atoms with Crippen LogP contribution in [0.2, 0.25) is 10.0 Å². The smallest absolute Gasteiger partial charge is 0.222 e. The Bertz CT molecular complexity index is 875. The van der Waals surface area contributed by atoms with Crippen LogP contribution in [0.5, 0.6) is 11.5 Å². The molecule has 3 rings (SSSR count). The summed E-state index contributed by atoms with van der Waals surface area (Å²) in [6, 6.07) is 8.11. The fourth-order valence-electron chi connectivity index (χ4n) is 3.40. The summed E-state index contributed by atoms with van der Waals surface area (Å²) in [5.74, 6) is 0.622. The Morgan fingerprint density at radius 2 is 2.07 bits per heavy atom. The number of nitrogens with one attached hydrogen (secondary N) is 1. The van der Waals surface area contributed by atoms with Crippen molar-refractivity contribution in [2.45, 2.75) is 32.4 Å². The lowest BCUT2D eigenvalue weighted by atomic mass is 10.2. The second-order valence-corrected chi connectivity index (χ2v) is 7.93. The minimum Gasteiger partial charge on any atom is -0.493 e. The van der Waals surface area contributed by atoms with E-state index in [0.717, 1.165) is 38.0 Å². The highest BCUT2D eigenvalue weighted by molar-refractivity contribution is 6.32. The van der Waals surface area contributed by atoms with Crippen molar-refractivity contribution in [3.63, 3.8) is 0 Å². The predicted octanol–water partition coefficient (Wildman–Crippen LogP) is 4.82. The van der Waals surface area contributed by atoms with Gasteiger partial charge in [0, 0.05) is 31.6 Å². The predicted molar refractivity (Wildman–Crippen MR) is 116 cm³/mol. The maximum Gasteiger partial charge on any atom is 0.222 e. The number of amides is 1. The molecular formula is C22H25Cl2FN2O3. The molecule has 0 unspecified atom stereocenters. The highest BCUT2D eigenvalue weighted by Gasteiger charge is 2.19. The van der Waals surface area contributed by atoms with Crippen LogP contribution >= 0.6 is 23.2 Å². The third kappa shape index (κ3) is 5.78. The van der Waals surface area contributed by atoms with E-state index in [9.17, 15) is 9.18 Å². The molecule has 1 aliphatic heterocycles. The van der Waals surface area contributed by atoms with E-state index in [1.165, 1.54) is 13.2 Å². The largest absolute Gasteiger partial charge is 0.493 e. The van der Waals surface area contributed by atoms with Gasteiger partial charge in [-0.2, -0.15) is 0 Å². The molecule has 1 amide bonds. The zero-order valence-corrected chi connectivity index (χ0v) is 18.4. The van der Waals surface area contributed by atoms with Gasteiger partial charge in [-0.15, -0.1) is 0 Å². The Balaban J connectivity index is 1.55. The quantitative estimate of drug-likeness (QED) is 0.522. The number of nitrogens with zero attached hydrogens (tertiary/aromatic N) is 1. The Hall–Kier alpha value is -2.02. The minimum absolute atomic E-state index is 0.0611. The summed E-state index contributed by atoms with van der Waals surface area (Å²) in [6.07, 6.45) is 2.52. The van der Waals surface area contributed by atoms with Gasteiger partial charge in [-0.1, -0.05) is 29.3 Å². The maximum absolute atomic E-state index is 14.0. The van der Waals surface area contributed by atoms with Crippen molar-refractivity contribution in [1.82, 2.24) is 10.2 Å². The molecule has 0 saturated carbocycles. The van der Waals surface area contributed by atoms with Crippen LogP contribution in [-0.2, 0) is 17.9 Å². The highest BCUT2D eigenvalue weighted by atomic mass is 35.5. The van der Waals surface area contributed by atoms with E-state index < -0.39 is 5.82 Å². The van der Waals surface area contributed by atoms with Crippen LogP contribution in [0.25, 0.3) is 0 Å². The van der Waals surface area contributed by atoms with Crippen molar-refractivity contribution in [3.8, 4) is 11.5 Å². The molecule has 2 aromatic carbocycles. The number of hydrogen-bond donors (Lipinski definition) is 1. The van der Waals surface area contributed by atoms with Crippen LogP contribution in [0.15, 0.2) is 30.3 Å². The summed E-state index contributed by atoms with van der Waals surface area (Å²) in [4.78, 5) is 13.5. The van der Waals surface area contributed by atoms with E-state index in [4.69, 9.17) is 32.7 Å². The van der Waals surface area contributed by atoms with E-state index in [2.05, 4.69) is 5.32 Å². The molecule has 0 bridgehead atoms. The molecule has 1 N–H and O–H groups in total. The first kappa shape index (κ1) is 22.7. The molecule has 5 nitrogen and oxygen atoms in total. The van der Waals surface area contributed by atoms with E-state index in [1.54, 1.807) is 18.2 Å². The molecule has 1 fully saturated rings. The van der Waals surface area contributed by atoms with Gasteiger partial charge in [0.15, 0.2) is 11.5 Å². The standard InChI is InChI=1S/C22H25Cl2FN2O3/c1-29-20-12-15(13-26-8-4-10-27-9-3-7-21(27)28)11-18(24)22(20)30-14-16-17(23)5-2-6-19(16)25/h2,5-6,11-12,26H,3-4,7-10,13-14H2,1H3. The lowest BCUT2D eigenvalue weighted by Gasteiger charge is -2.16. The minimum atomic E-state index is -0.436. The Kier molecular flexibility index (Phi) is 8.19. The van der Waals surface area contributed by atoms with Crippen molar-refractivity contribution < 1.29 is 18.7 Å². The van der Waals surface area contributed by atoms with Gasteiger partial charge in [-0.25, -0.2) is 4.39 Å². The number of likely N-dealkylation sites (tertiary alicyclic amines) is 1. The van der Waals surface area contributed by atoms with Crippen molar-refractivity contribution in [1.29, 1.82) is 0 Å². The highest BCUT2D eigenvalue weighted by Crippen LogP contribution is 2.37. The van der Waals surface area contributed by atoms with E-state index in [0.29, 0.717) is 34.5 Å². The van der Waals surface area contributed by atoms with Crippen LogP contribution in [0.3, 0.4) is 0 Å². The van der Waals surface area contributed by atoms with Crippen molar-refractivity contribution in [2.75, 3.05) is 26.7 Å². The van der Waals surface area contributed by atoms with Gasteiger partial charge in [-0.3, -0.25) is 4.79 Å². The number of carbonyl (C=O) groups is 1. The number of halogens is 3. The molecule has 0 radical (unpaired) electrons. The Morgan fingerprint density at radius 1 is 1.23 bits per heavy atom. The van der Waals surface area contributed by atoms with Crippen molar-refractivity contribution >= 4 is 29.1 Å². The molecule has 0 spiro atoms. The van der Waals surface area contributed by atoms with Crippen LogP contribution < -0.4 is 14.8 Å². The van der Waals surface area contributed by atoms with Gasteiger partial charge in [0.1, 0.15) is 12.4 Å². The average Bonchev–Trinajstić information content (AvgIpc) is 3.13. The van der Waals surface area contributed by atoms with Gasteiger partial charge in [0.25, 0.3) is 0 Å². The fraction of sp³-hybridized carbons (Fsp3) is 0.409. The van der Waals surface area contributed by atoms with Crippen molar-refractivity contribution in [2.24, 2.45) is 0 Å². The molecule has 2 aromatic rings. The average molecular weight is 455 g/mol. The molecule has 0 aromatic heterocycles. The van der Waals surface area contributed by atoms with Crippen LogP contribution in [-0.4, -0.2) is 37.6 Å². The molecule has 0 atom stereocenters. The molecule has 8 heteroatoms. The zero-order chi connectivity index (χ0) is 21.5. The SMILES string of the molecule is COc1cc(CNCCCN2CCCC2=O)cc(Cl)c1OCc1c(F)cccc1Cl. The summed E-state index contributed by atoms with van der Waals surface area (Å²) in [7, 11) is 1.53. The molecule has 30 heavy (non-hydrogen) atoms. The second-order valence-electron chi connectivity index (χ2n) is 7.11. The van der Waals surface area contributed by atoms with Gasteiger partial charge >= 0.3 is 0 Å². The summed E-state index contributed by atoms with van der Waals surface area (Å²) in [5, 5.41) is 4.02. The van der Waals surface area contributed by atoms with Gasteiger partial charge < -0.3 is 19.7 Å². The summed E-state index contributed by atoms with van der Waals surface area (Å²) in [6.45, 7) is 2.97. The number of carbonyl (C=O) groups excluding carboxylic acids is 1. The van der Waals surface area contributed by atoms with Crippen LogP contribution in [0.4, 0.5) is 4.39 Å². The molecule has 1 aliphatic rings. The maximum atomic E-state index is 14.0. The third-order valence-electron chi connectivity index (χ3n) is 4.99. The second kappa shape index (κ2) is 10.8. The fourth-order valence-corrected chi connectivity index (χ4v) is 3.90. The first-order chi connectivity index (χ1) is 14.5. The molecule has 162 valence electrons. The van der Waals surface area contributed by atoms with Crippen molar-refractivity contribution in [3.05, 3.63) is 57.3 Å². The topological polar surface area (TPSA) is 50.8 Å². The number of methoxy groups -OCH3 is 1. The first-order valence-electron chi connectivity index (χ1n) is 9.90. The summed E-state index contributed by atoms with van der Waals surface area (Å²) in [5.41, 5.74) is 1.20.